The molecule has 20 heavy (non-hydrogen) atoms. The van der Waals surface area contributed by atoms with Gasteiger partial charge in [0.2, 0.25) is 5.91 Å². The first-order valence-corrected chi connectivity index (χ1v) is 7.26. The Morgan fingerprint density at radius 3 is 3.00 bits per heavy atom. The quantitative estimate of drug-likeness (QED) is 0.803. The SMILES string of the molecule is Cc1cc2cc(NC(=O)C[C@@H]3CCC[C@H]3N)ccc2[nH]1. The molecule has 1 aromatic heterocycles. The summed E-state index contributed by atoms with van der Waals surface area (Å²) in [5.41, 5.74) is 9.09. The Labute approximate surface area is 118 Å². The van der Waals surface area contributed by atoms with Crippen LogP contribution >= 0.6 is 0 Å². The Morgan fingerprint density at radius 1 is 1.40 bits per heavy atom. The summed E-state index contributed by atoms with van der Waals surface area (Å²) in [7, 11) is 0. The molecule has 4 nitrogen and oxygen atoms in total. The third-order valence-corrected chi connectivity index (χ3v) is 4.20. The predicted octanol–water partition coefficient (Wildman–Crippen LogP) is 2.93. The van der Waals surface area contributed by atoms with Crippen molar-refractivity contribution in [2.75, 3.05) is 5.32 Å². The molecule has 1 amide bonds. The Morgan fingerprint density at radius 2 is 2.25 bits per heavy atom. The number of hydrogen-bond donors (Lipinski definition) is 3. The largest absolute Gasteiger partial charge is 0.359 e. The molecule has 3 rings (SSSR count). The second kappa shape index (κ2) is 5.29. The lowest BCUT2D eigenvalue weighted by atomic mass is 10.00. The molecular formula is C16H21N3O. The van der Waals surface area contributed by atoms with Crippen LogP contribution in [-0.4, -0.2) is 16.9 Å². The van der Waals surface area contributed by atoms with Gasteiger partial charge in [-0.15, -0.1) is 0 Å². The van der Waals surface area contributed by atoms with Gasteiger partial charge < -0.3 is 16.0 Å². The fourth-order valence-electron chi connectivity index (χ4n) is 3.12. The normalized spacial score (nSPS) is 22.3. The molecule has 0 bridgehead atoms. The van der Waals surface area contributed by atoms with E-state index in [4.69, 9.17) is 5.73 Å². The number of aromatic amines is 1. The van der Waals surface area contributed by atoms with E-state index in [2.05, 4.69) is 16.4 Å². The smallest absolute Gasteiger partial charge is 0.224 e. The minimum atomic E-state index is 0.0685. The van der Waals surface area contributed by atoms with Crippen molar-refractivity contribution in [1.82, 2.24) is 4.98 Å². The molecule has 0 aliphatic heterocycles. The van der Waals surface area contributed by atoms with Gasteiger partial charge in [0.05, 0.1) is 0 Å². The lowest BCUT2D eigenvalue weighted by Gasteiger charge is -2.14. The summed E-state index contributed by atoms with van der Waals surface area (Å²) in [4.78, 5) is 15.4. The van der Waals surface area contributed by atoms with Crippen LogP contribution in [0.1, 0.15) is 31.4 Å². The molecule has 1 aliphatic carbocycles. The third kappa shape index (κ3) is 2.70. The number of aromatic nitrogens is 1. The first-order chi connectivity index (χ1) is 9.61. The van der Waals surface area contributed by atoms with Gasteiger partial charge in [0, 0.05) is 34.7 Å². The molecule has 0 radical (unpaired) electrons. The highest BCUT2D eigenvalue weighted by Gasteiger charge is 2.25. The zero-order valence-electron chi connectivity index (χ0n) is 11.8. The first-order valence-electron chi connectivity index (χ1n) is 7.26. The molecule has 106 valence electrons. The topological polar surface area (TPSA) is 70.9 Å². The average molecular weight is 271 g/mol. The molecule has 0 unspecified atom stereocenters. The van der Waals surface area contributed by atoms with Crippen molar-refractivity contribution in [3.05, 3.63) is 30.0 Å². The molecule has 2 aromatic rings. The van der Waals surface area contributed by atoms with Gasteiger partial charge in [-0.2, -0.15) is 0 Å². The number of benzene rings is 1. The van der Waals surface area contributed by atoms with E-state index in [1.807, 2.05) is 25.1 Å². The summed E-state index contributed by atoms with van der Waals surface area (Å²) >= 11 is 0. The number of anilines is 1. The molecule has 1 fully saturated rings. The zero-order chi connectivity index (χ0) is 14.1. The van der Waals surface area contributed by atoms with E-state index in [1.54, 1.807) is 0 Å². The van der Waals surface area contributed by atoms with Gasteiger partial charge in [-0.3, -0.25) is 4.79 Å². The van der Waals surface area contributed by atoms with E-state index < -0.39 is 0 Å². The zero-order valence-corrected chi connectivity index (χ0v) is 11.8. The van der Waals surface area contributed by atoms with E-state index >= 15 is 0 Å². The molecule has 1 aliphatic rings. The van der Waals surface area contributed by atoms with Crippen LogP contribution in [0.2, 0.25) is 0 Å². The monoisotopic (exact) mass is 271 g/mol. The van der Waals surface area contributed by atoms with Gasteiger partial charge in [0.15, 0.2) is 0 Å². The third-order valence-electron chi connectivity index (χ3n) is 4.20. The number of nitrogens with one attached hydrogen (secondary N) is 2. The van der Waals surface area contributed by atoms with Crippen molar-refractivity contribution >= 4 is 22.5 Å². The van der Waals surface area contributed by atoms with Crippen molar-refractivity contribution in [3.63, 3.8) is 0 Å². The molecule has 4 N–H and O–H groups in total. The minimum absolute atomic E-state index is 0.0685. The van der Waals surface area contributed by atoms with Gasteiger partial charge >= 0.3 is 0 Å². The van der Waals surface area contributed by atoms with Crippen LogP contribution in [-0.2, 0) is 4.79 Å². The maximum atomic E-state index is 12.1. The highest BCUT2D eigenvalue weighted by atomic mass is 16.1. The van der Waals surface area contributed by atoms with Crippen LogP contribution in [0.5, 0.6) is 0 Å². The standard InChI is InChI=1S/C16H21N3O/c1-10-7-12-8-13(5-6-15(12)18-10)19-16(20)9-11-3-2-4-14(11)17/h5-8,11,14,18H,2-4,9,17H2,1H3,(H,19,20)/t11-,14+/m0/s1. The Balaban J connectivity index is 1.67. The van der Waals surface area contributed by atoms with Crippen LogP contribution in [0.25, 0.3) is 10.9 Å². The Bertz CT molecular complexity index is 632. The van der Waals surface area contributed by atoms with E-state index in [0.717, 1.165) is 41.5 Å². The molecule has 2 atom stereocenters. The van der Waals surface area contributed by atoms with Gasteiger partial charge in [-0.1, -0.05) is 6.42 Å². The summed E-state index contributed by atoms with van der Waals surface area (Å²) in [6.45, 7) is 2.03. The average Bonchev–Trinajstić information content (AvgIpc) is 2.94. The fourth-order valence-corrected chi connectivity index (χ4v) is 3.12. The summed E-state index contributed by atoms with van der Waals surface area (Å²) < 4.78 is 0. The number of fused-ring (bicyclic) bond motifs is 1. The van der Waals surface area contributed by atoms with E-state index in [1.165, 1.54) is 0 Å². The summed E-state index contributed by atoms with van der Waals surface area (Å²) in [5.74, 6) is 0.409. The van der Waals surface area contributed by atoms with Crippen molar-refractivity contribution in [2.45, 2.75) is 38.6 Å². The molecule has 1 heterocycles. The van der Waals surface area contributed by atoms with Crippen molar-refractivity contribution in [2.24, 2.45) is 11.7 Å². The number of carbonyl (C=O) groups is 1. The van der Waals surface area contributed by atoms with Crippen molar-refractivity contribution in [3.8, 4) is 0 Å². The number of H-pyrrole nitrogens is 1. The number of aryl methyl sites for hydroxylation is 1. The minimum Gasteiger partial charge on any atom is -0.359 e. The maximum Gasteiger partial charge on any atom is 0.224 e. The van der Waals surface area contributed by atoms with Crippen LogP contribution in [0.4, 0.5) is 5.69 Å². The highest BCUT2D eigenvalue weighted by Crippen LogP contribution is 2.27. The lowest BCUT2D eigenvalue weighted by molar-refractivity contribution is -0.117. The number of rotatable bonds is 3. The van der Waals surface area contributed by atoms with E-state index in [0.29, 0.717) is 12.3 Å². The molecule has 4 heteroatoms. The fraction of sp³-hybridized carbons (Fsp3) is 0.438. The summed E-state index contributed by atoms with van der Waals surface area (Å²) in [6, 6.07) is 8.21. The second-order valence-corrected chi connectivity index (χ2v) is 5.86. The predicted molar refractivity (Wildman–Crippen MR) is 81.6 cm³/mol. The van der Waals surface area contributed by atoms with Crippen molar-refractivity contribution < 1.29 is 4.79 Å². The van der Waals surface area contributed by atoms with Crippen LogP contribution in [0.15, 0.2) is 24.3 Å². The second-order valence-electron chi connectivity index (χ2n) is 5.86. The number of carbonyl (C=O) groups excluding carboxylic acids is 1. The lowest BCUT2D eigenvalue weighted by Crippen LogP contribution is -2.28. The van der Waals surface area contributed by atoms with Crippen LogP contribution in [0, 0.1) is 12.8 Å². The van der Waals surface area contributed by atoms with Gasteiger partial charge in [0.1, 0.15) is 0 Å². The molecule has 0 saturated heterocycles. The summed E-state index contributed by atoms with van der Waals surface area (Å²) in [5, 5.41) is 4.11. The van der Waals surface area contributed by atoms with Crippen LogP contribution in [0.3, 0.4) is 0 Å². The number of amides is 1. The molecule has 0 spiro atoms. The van der Waals surface area contributed by atoms with Gasteiger partial charge in [0.25, 0.3) is 0 Å². The Hall–Kier alpha value is -1.81. The molecule has 1 saturated carbocycles. The number of nitrogens with two attached hydrogens (primary N) is 1. The van der Waals surface area contributed by atoms with Crippen molar-refractivity contribution in [1.29, 1.82) is 0 Å². The molecule has 1 aromatic carbocycles. The molecular weight excluding hydrogens is 250 g/mol. The number of hydrogen-bond acceptors (Lipinski definition) is 2. The van der Waals surface area contributed by atoms with E-state index in [9.17, 15) is 4.79 Å². The van der Waals surface area contributed by atoms with Gasteiger partial charge in [-0.05, 0) is 49.9 Å². The Kier molecular flexibility index (Phi) is 3.49. The highest BCUT2D eigenvalue weighted by molar-refractivity contribution is 5.94. The van der Waals surface area contributed by atoms with Gasteiger partial charge in [-0.25, -0.2) is 0 Å². The summed E-state index contributed by atoms with van der Waals surface area (Å²) in [6.07, 6.45) is 3.80. The maximum absolute atomic E-state index is 12.1. The first kappa shape index (κ1) is 13.2. The van der Waals surface area contributed by atoms with Crippen LogP contribution < -0.4 is 11.1 Å². The van der Waals surface area contributed by atoms with E-state index in [-0.39, 0.29) is 11.9 Å².